The molecule has 2 saturated heterocycles. The number of aliphatic hydroxyl groups excluding tert-OH is 1. The Bertz CT molecular complexity index is 1650. The van der Waals surface area contributed by atoms with Crippen LogP contribution in [0.5, 0.6) is 0 Å². The minimum atomic E-state index is -0.700. The number of rotatable bonds is 12. The van der Waals surface area contributed by atoms with E-state index in [4.69, 9.17) is 24.1 Å². The number of hydrogen-bond donors (Lipinski definition) is 3. The number of ether oxygens (including phenoxy) is 4. The van der Waals surface area contributed by atoms with Crippen LogP contribution in [-0.4, -0.2) is 72.3 Å². The van der Waals surface area contributed by atoms with Gasteiger partial charge in [-0.1, -0.05) is 36.4 Å². The minimum absolute atomic E-state index is 0.146. The minimum Gasteiger partial charge on any atom is -0.456 e. The van der Waals surface area contributed by atoms with Gasteiger partial charge in [0.2, 0.25) is 5.91 Å². The lowest BCUT2D eigenvalue weighted by molar-refractivity contribution is -0.209. The van der Waals surface area contributed by atoms with Crippen molar-refractivity contribution in [3.63, 3.8) is 0 Å². The highest BCUT2D eigenvalue weighted by Gasteiger charge is 2.64. The summed E-state index contributed by atoms with van der Waals surface area (Å²) in [6.45, 7) is 0.222. The van der Waals surface area contributed by atoms with Crippen molar-refractivity contribution in [3.8, 4) is 0 Å². The molecule has 0 spiro atoms. The summed E-state index contributed by atoms with van der Waals surface area (Å²) >= 11 is 0. The van der Waals surface area contributed by atoms with Crippen molar-refractivity contribution in [2.24, 2.45) is 17.8 Å². The van der Waals surface area contributed by atoms with E-state index < -0.39 is 30.1 Å². The molecule has 3 N–H and O–H groups in total. The van der Waals surface area contributed by atoms with E-state index in [0.717, 1.165) is 56.1 Å². The van der Waals surface area contributed by atoms with Gasteiger partial charge >= 0.3 is 5.97 Å². The molecule has 4 aliphatic carbocycles. The predicted molar refractivity (Wildman–Crippen MR) is 179 cm³/mol. The van der Waals surface area contributed by atoms with Crippen LogP contribution in [0.15, 0.2) is 66.3 Å². The Kier molecular flexibility index (Phi) is 8.90. The van der Waals surface area contributed by atoms with Gasteiger partial charge in [0.1, 0.15) is 18.3 Å². The maximum absolute atomic E-state index is 13.7. The Labute approximate surface area is 286 Å². The van der Waals surface area contributed by atoms with Crippen molar-refractivity contribution >= 4 is 23.9 Å². The van der Waals surface area contributed by atoms with E-state index in [2.05, 4.69) is 22.8 Å². The first-order chi connectivity index (χ1) is 23.9. The third-order valence-corrected chi connectivity index (χ3v) is 10.7. The lowest BCUT2D eigenvalue weighted by atomic mass is 9.88. The van der Waals surface area contributed by atoms with Crippen LogP contribution in [-0.2, 0) is 30.3 Å². The number of allylic oxidation sites excluding steroid dienone is 1. The molecule has 258 valence electrons. The third-order valence-electron chi connectivity index (χ3n) is 10.7. The molecule has 3 unspecified atom stereocenters. The molecule has 2 amide bonds. The molecule has 10 nitrogen and oxygen atoms in total. The van der Waals surface area contributed by atoms with Crippen molar-refractivity contribution in [1.29, 1.82) is 0 Å². The summed E-state index contributed by atoms with van der Waals surface area (Å²) in [7, 11) is 0. The van der Waals surface area contributed by atoms with Crippen molar-refractivity contribution in [2.45, 2.75) is 94.2 Å². The smallest absolute Gasteiger partial charge is 0.338 e. The molecule has 2 aromatic carbocycles. The highest BCUT2D eigenvalue weighted by molar-refractivity contribution is 5.95. The second-order valence-electron chi connectivity index (χ2n) is 14.4. The quantitative estimate of drug-likeness (QED) is 0.223. The fourth-order valence-corrected chi connectivity index (χ4v) is 7.79. The highest BCUT2D eigenvalue weighted by atomic mass is 16.8. The normalized spacial score (nSPS) is 29.8. The number of fused-ring (bicyclic) bond motifs is 2. The van der Waals surface area contributed by atoms with Crippen molar-refractivity contribution in [3.05, 3.63) is 88.5 Å². The van der Waals surface area contributed by atoms with Gasteiger partial charge in [0.05, 0.1) is 24.4 Å². The molecule has 6 atom stereocenters. The van der Waals surface area contributed by atoms with Crippen molar-refractivity contribution < 1.29 is 38.4 Å². The monoisotopic (exact) mass is 668 g/mol. The zero-order chi connectivity index (χ0) is 33.5. The van der Waals surface area contributed by atoms with Gasteiger partial charge in [-0.2, -0.15) is 0 Å². The number of esters is 1. The van der Waals surface area contributed by atoms with Crippen LogP contribution in [0.25, 0.3) is 6.08 Å². The van der Waals surface area contributed by atoms with Crippen LogP contribution >= 0.6 is 0 Å². The Balaban J connectivity index is 0.966. The van der Waals surface area contributed by atoms with Gasteiger partial charge in [0.25, 0.3) is 5.91 Å². The first-order valence-corrected chi connectivity index (χ1v) is 17.9. The van der Waals surface area contributed by atoms with E-state index >= 15 is 0 Å². The molecule has 2 aliphatic heterocycles. The Morgan fingerprint density at radius 1 is 0.898 bits per heavy atom. The number of aliphatic hydroxyl groups is 1. The van der Waals surface area contributed by atoms with Crippen molar-refractivity contribution in [1.82, 2.24) is 10.6 Å². The first-order valence-electron chi connectivity index (χ1n) is 17.9. The molecule has 0 radical (unpaired) electrons. The van der Waals surface area contributed by atoms with E-state index in [9.17, 15) is 14.4 Å². The molecule has 10 heteroatoms. The molecule has 5 fully saturated rings. The summed E-state index contributed by atoms with van der Waals surface area (Å²) in [6, 6.07) is 14.5. The van der Waals surface area contributed by atoms with Crippen LogP contribution in [0.2, 0.25) is 0 Å². The van der Waals surface area contributed by atoms with Gasteiger partial charge in [-0.3, -0.25) is 9.59 Å². The topological polar surface area (TPSA) is 136 Å². The molecule has 49 heavy (non-hydrogen) atoms. The fraction of sp³-hybridized carbons (Fsp3) is 0.513. The molecule has 0 bridgehead atoms. The Morgan fingerprint density at radius 2 is 1.69 bits per heavy atom. The fourth-order valence-electron chi connectivity index (χ4n) is 7.79. The number of benzene rings is 2. The second-order valence-corrected chi connectivity index (χ2v) is 14.4. The van der Waals surface area contributed by atoms with Crippen LogP contribution in [0.4, 0.5) is 0 Å². The lowest BCUT2D eigenvalue weighted by Gasteiger charge is -2.31. The van der Waals surface area contributed by atoms with Gasteiger partial charge in [0.15, 0.2) is 5.79 Å². The second kappa shape index (κ2) is 13.5. The number of amides is 2. The maximum Gasteiger partial charge on any atom is 0.338 e. The summed E-state index contributed by atoms with van der Waals surface area (Å²) in [5.41, 5.74) is 3.07. The molecule has 0 aromatic heterocycles. The number of carbonyl (C=O) groups excluding carboxylic acids is 3. The third kappa shape index (κ3) is 7.10. The molecule has 3 saturated carbocycles. The van der Waals surface area contributed by atoms with Gasteiger partial charge in [-0.05, 0) is 92.3 Å². The zero-order valence-electron chi connectivity index (χ0n) is 27.6. The predicted octanol–water partition coefficient (Wildman–Crippen LogP) is 4.46. The van der Waals surface area contributed by atoms with Crippen molar-refractivity contribution in [2.75, 3.05) is 13.2 Å². The largest absolute Gasteiger partial charge is 0.456 e. The van der Waals surface area contributed by atoms with Gasteiger partial charge in [-0.25, -0.2) is 4.79 Å². The van der Waals surface area contributed by atoms with Gasteiger partial charge in [0, 0.05) is 42.5 Å². The summed E-state index contributed by atoms with van der Waals surface area (Å²) in [5.74, 6) is -0.603. The molecule has 2 heterocycles. The summed E-state index contributed by atoms with van der Waals surface area (Å²) in [4.78, 5) is 39.6. The molecule has 6 aliphatic rings. The van der Waals surface area contributed by atoms with E-state index in [1.165, 1.54) is 0 Å². The lowest BCUT2D eigenvalue weighted by Crippen LogP contribution is -2.44. The van der Waals surface area contributed by atoms with E-state index in [-0.39, 0.29) is 37.9 Å². The van der Waals surface area contributed by atoms with Crippen LogP contribution in [0.1, 0.15) is 83.2 Å². The average molecular weight is 669 g/mol. The van der Waals surface area contributed by atoms with E-state index in [1.807, 2.05) is 30.3 Å². The van der Waals surface area contributed by atoms with E-state index in [0.29, 0.717) is 46.7 Å². The standard InChI is InChI=1S/C39H44N2O8/c42-16-15-40-36(43)26-5-2-4-25(18-26)22-41-37(44)28-20-33(35-34(21-28)48-39(49-35,29-10-11-29)30-12-13-30)47-38(45)27-6-1-3-23(17-27)7-8-24-9-14-31-32(19-24)46-31/h1-8,17-18,21,24,29-35,42H,9-16,19-20,22H2,(H,40,43)(H,41,44)/t24?,31?,32?,33-,34-,35+/m1/s1. The van der Waals surface area contributed by atoms with Gasteiger partial charge < -0.3 is 34.7 Å². The molecular formula is C39H44N2O8. The van der Waals surface area contributed by atoms with Crippen LogP contribution in [0, 0.1) is 17.8 Å². The SMILES string of the molecule is O=C(NCc1cccc(C(=O)NCCO)c1)C1=C[C@H]2OC(C3CC3)(C3CC3)O[C@H]2[C@H](OC(=O)c2cccc(C=CC3CCC4OC4C3)c2)C1. The average Bonchev–Trinajstić information content (AvgIpc) is 3.99. The van der Waals surface area contributed by atoms with Gasteiger partial charge in [-0.15, -0.1) is 0 Å². The number of carbonyl (C=O) groups is 3. The maximum atomic E-state index is 13.7. The number of hydrogen-bond acceptors (Lipinski definition) is 8. The Morgan fingerprint density at radius 3 is 2.47 bits per heavy atom. The zero-order valence-corrected chi connectivity index (χ0v) is 27.6. The molecular weight excluding hydrogens is 624 g/mol. The molecule has 8 rings (SSSR count). The van der Waals surface area contributed by atoms with E-state index in [1.54, 1.807) is 24.3 Å². The van der Waals surface area contributed by atoms with Crippen LogP contribution in [0.3, 0.4) is 0 Å². The number of nitrogens with one attached hydrogen (secondary N) is 2. The summed E-state index contributed by atoms with van der Waals surface area (Å²) in [6.07, 6.45) is 13.0. The summed E-state index contributed by atoms with van der Waals surface area (Å²) in [5, 5.41) is 14.6. The number of epoxide rings is 1. The van der Waals surface area contributed by atoms with Crippen LogP contribution < -0.4 is 10.6 Å². The highest BCUT2D eigenvalue weighted by Crippen LogP contribution is 2.59. The first kappa shape index (κ1) is 32.4. The summed E-state index contributed by atoms with van der Waals surface area (Å²) < 4.78 is 25.3. The molecule has 2 aromatic rings. The Hall–Kier alpha value is -3.83.